The quantitative estimate of drug-likeness (QED) is 0.763. The number of halogens is 1. The Hall–Kier alpha value is -2.02. The first-order chi connectivity index (χ1) is 12.1. The number of hydrogen-bond donors (Lipinski definition) is 1. The predicted octanol–water partition coefficient (Wildman–Crippen LogP) is 3.33. The van der Waals surface area contributed by atoms with Crippen LogP contribution in [0.15, 0.2) is 59.6 Å². The van der Waals surface area contributed by atoms with Crippen LogP contribution in [0.3, 0.4) is 0 Å². The molecule has 130 valence electrons. The second-order valence-corrected chi connectivity index (χ2v) is 8.35. The van der Waals surface area contributed by atoms with Crippen LogP contribution in [0.1, 0.15) is 0 Å². The van der Waals surface area contributed by atoms with E-state index in [1.54, 1.807) is 24.3 Å². The van der Waals surface area contributed by atoms with E-state index in [0.29, 0.717) is 26.2 Å². The maximum Gasteiger partial charge on any atom is 0.244 e. The van der Waals surface area contributed by atoms with Crippen molar-refractivity contribution in [1.82, 2.24) is 9.29 Å². The highest BCUT2D eigenvalue weighted by Gasteiger charge is 2.30. The number of nitrogens with zero attached hydrogens (tertiary/aromatic N) is 2. The molecule has 0 atom stereocenters. The van der Waals surface area contributed by atoms with E-state index in [9.17, 15) is 8.42 Å². The summed E-state index contributed by atoms with van der Waals surface area (Å²) < 4.78 is 27.2. The van der Waals surface area contributed by atoms with Gasteiger partial charge >= 0.3 is 0 Å². The van der Waals surface area contributed by atoms with Gasteiger partial charge in [0.15, 0.2) is 0 Å². The molecule has 0 saturated carbocycles. The average Bonchev–Trinajstić information content (AvgIpc) is 3.11. The molecule has 2 heterocycles. The summed E-state index contributed by atoms with van der Waals surface area (Å²) in [4.78, 5) is 5.62. The summed E-state index contributed by atoms with van der Waals surface area (Å²) in [7, 11) is -3.56. The standard InChI is InChI=1S/C18H18ClN3O2S/c19-15-4-1-2-7-18(15)25(23,24)22-12-10-21(11-13-22)17-6-3-5-16-14(17)8-9-20-16/h1-9,20H,10-13H2. The fourth-order valence-corrected chi connectivity index (χ4v) is 5.22. The van der Waals surface area contributed by atoms with Gasteiger partial charge in [0, 0.05) is 49.0 Å². The van der Waals surface area contributed by atoms with Gasteiger partial charge in [0.2, 0.25) is 10.0 Å². The van der Waals surface area contributed by atoms with Crippen LogP contribution in [0.25, 0.3) is 10.9 Å². The van der Waals surface area contributed by atoms with Gasteiger partial charge in [-0.05, 0) is 30.3 Å². The molecular formula is C18H18ClN3O2S. The highest BCUT2D eigenvalue weighted by Crippen LogP contribution is 2.29. The minimum absolute atomic E-state index is 0.179. The molecule has 7 heteroatoms. The molecule has 1 N–H and O–H groups in total. The molecule has 2 aromatic carbocycles. The highest BCUT2D eigenvalue weighted by atomic mass is 35.5. The molecule has 0 unspecified atom stereocenters. The second-order valence-electron chi connectivity index (χ2n) is 6.04. The van der Waals surface area contributed by atoms with E-state index in [0.717, 1.165) is 16.6 Å². The zero-order valence-corrected chi connectivity index (χ0v) is 15.1. The first kappa shape index (κ1) is 16.4. The van der Waals surface area contributed by atoms with Crippen molar-refractivity contribution in [3.8, 4) is 0 Å². The summed E-state index contributed by atoms with van der Waals surface area (Å²) in [6, 6.07) is 14.8. The van der Waals surface area contributed by atoms with Gasteiger partial charge in [-0.2, -0.15) is 4.31 Å². The largest absolute Gasteiger partial charge is 0.368 e. The number of nitrogens with one attached hydrogen (secondary N) is 1. The lowest BCUT2D eigenvalue weighted by molar-refractivity contribution is 0.385. The topological polar surface area (TPSA) is 56.4 Å². The molecule has 25 heavy (non-hydrogen) atoms. The fourth-order valence-electron chi connectivity index (χ4n) is 3.31. The van der Waals surface area contributed by atoms with Gasteiger partial charge in [-0.15, -0.1) is 0 Å². The Morgan fingerprint density at radius 2 is 1.68 bits per heavy atom. The van der Waals surface area contributed by atoms with Crippen LogP contribution in [-0.2, 0) is 10.0 Å². The van der Waals surface area contributed by atoms with E-state index in [1.165, 1.54) is 4.31 Å². The summed E-state index contributed by atoms with van der Waals surface area (Å²) in [5, 5.41) is 1.42. The smallest absolute Gasteiger partial charge is 0.244 e. The predicted molar refractivity (Wildman–Crippen MR) is 101 cm³/mol. The van der Waals surface area contributed by atoms with Crippen LogP contribution < -0.4 is 4.90 Å². The summed E-state index contributed by atoms with van der Waals surface area (Å²) >= 11 is 6.09. The van der Waals surface area contributed by atoms with Crippen LogP contribution in [0, 0.1) is 0 Å². The normalized spacial score (nSPS) is 16.4. The van der Waals surface area contributed by atoms with Crippen LogP contribution in [0.2, 0.25) is 5.02 Å². The van der Waals surface area contributed by atoms with Crippen LogP contribution in [0.4, 0.5) is 5.69 Å². The molecule has 5 nitrogen and oxygen atoms in total. The number of hydrogen-bond acceptors (Lipinski definition) is 3. The molecule has 4 rings (SSSR count). The molecular weight excluding hydrogens is 358 g/mol. The lowest BCUT2D eigenvalue weighted by atomic mass is 10.2. The second kappa shape index (κ2) is 6.37. The number of aromatic amines is 1. The van der Waals surface area contributed by atoms with Crippen molar-refractivity contribution >= 4 is 38.2 Å². The molecule has 1 aromatic heterocycles. The minimum atomic E-state index is -3.56. The van der Waals surface area contributed by atoms with Crippen LogP contribution >= 0.6 is 11.6 Å². The van der Waals surface area contributed by atoms with E-state index in [2.05, 4.69) is 22.0 Å². The van der Waals surface area contributed by atoms with Crippen molar-refractivity contribution in [1.29, 1.82) is 0 Å². The number of aromatic nitrogens is 1. The Kier molecular flexibility index (Phi) is 4.19. The molecule has 3 aromatic rings. The van der Waals surface area contributed by atoms with Gasteiger partial charge in [0.1, 0.15) is 4.90 Å². The van der Waals surface area contributed by atoms with Gasteiger partial charge in [-0.25, -0.2) is 8.42 Å². The zero-order chi connectivity index (χ0) is 17.4. The molecule has 1 fully saturated rings. The lowest BCUT2D eigenvalue weighted by Gasteiger charge is -2.35. The molecule has 0 bridgehead atoms. The molecule has 0 spiro atoms. The SMILES string of the molecule is O=S(=O)(c1ccccc1Cl)N1CCN(c2cccc3[nH]ccc23)CC1. The Morgan fingerprint density at radius 1 is 0.920 bits per heavy atom. The van der Waals surface area contributed by atoms with E-state index in [-0.39, 0.29) is 9.92 Å². The Balaban J connectivity index is 1.56. The van der Waals surface area contributed by atoms with Crippen LogP contribution in [0.5, 0.6) is 0 Å². The number of piperazine rings is 1. The number of fused-ring (bicyclic) bond motifs is 1. The number of rotatable bonds is 3. The van der Waals surface area contributed by atoms with Crippen molar-refractivity contribution in [2.45, 2.75) is 4.90 Å². The van der Waals surface area contributed by atoms with Gasteiger partial charge in [-0.1, -0.05) is 29.8 Å². The molecule has 0 aliphatic carbocycles. The Labute approximate surface area is 151 Å². The zero-order valence-electron chi connectivity index (χ0n) is 13.5. The summed E-state index contributed by atoms with van der Waals surface area (Å²) in [5.74, 6) is 0. The third-order valence-electron chi connectivity index (χ3n) is 4.61. The third-order valence-corrected chi connectivity index (χ3v) is 7.00. The van der Waals surface area contributed by atoms with E-state index in [1.807, 2.05) is 18.3 Å². The van der Waals surface area contributed by atoms with Crippen molar-refractivity contribution in [2.75, 3.05) is 31.1 Å². The van der Waals surface area contributed by atoms with Gasteiger partial charge in [0.25, 0.3) is 0 Å². The minimum Gasteiger partial charge on any atom is -0.368 e. The summed E-state index contributed by atoms with van der Waals surface area (Å²) in [5.41, 5.74) is 2.22. The van der Waals surface area contributed by atoms with Crippen molar-refractivity contribution in [2.24, 2.45) is 0 Å². The van der Waals surface area contributed by atoms with Crippen molar-refractivity contribution < 1.29 is 8.42 Å². The fraction of sp³-hybridized carbons (Fsp3) is 0.222. The molecule has 1 aliphatic heterocycles. The van der Waals surface area contributed by atoms with Crippen LogP contribution in [-0.4, -0.2) is 43.9 Å². The Bertz CT molecular complexity index is 1010. The van der Waals surface area contributed by atoms with Crippen molar-refractivity contribution in [3.63, 3.8) is 0 Å². The number of benzene rings is 2. The highest BCUT2D eigenvalue weighted by molar-refractivity contribution is 7.89. The monoisotopic (exact) mass is 375 g/mol. The maximum atomic E-state index is 12.8. The molecule has 0 amide bonds. The van der Waals surface area contributed by atoms with Gasteiger partial charge in [-0.3, -0.25) is 0 Å². The molecule has 1 saturated heterocycles. The number of sulfonamides is 1. The maximum absolute atomic E-state index is 12.8. The average molecular weight is 376 g/mol. The number of H-pyrrole nitrogens is 1. The van der Waals surface area contributed by atoms with Gasteiger partial charge < -0.3 is 9.88 Å². The van der Waals surface area contributed by atoms with E-state index in [4.69, 9.17) is 11.6 Å². The van der Waals surface area contributed by atoms with Crippen molar-refractivity contribution in [3.05, 3.63) is 59.8 Å². The Morgan fingerprint density at radius 3 is 2.44 bits per heavy atom. The van der Waals surface area contributed by atoms with E-state index >= 15 is 0 Å². The van der Waals surface area contributed by atoms with Gasteiger partial charge in [0.05, 0.1) is 5.02 Å². The first-order valence-corrected chi connectivity index (χ1v) is 9.95. The summed E-state index contributed by atoms with van der Waals surface area (Å²) in [6.45, 7) is 2.17. The number of anilines is 1. The molecule has 0 radical (unpaired) electrons. The summed E-state index contributed by atoms with van der Waals surface area (Å²) in [6.07, 6.45) is 1.92. The molecule has 1 aliphatic rings. The lowest BCUT2D eigenvalue weighted by Crippen LogP contribution is -2.48. The first-order valence-electron chi connectivity index (χ1n) is 8.13. The third kappa shape index (κ3) is 2.90. The van der Waals surface area contributed by atoms with E-state index < -0.39 is 10.0 Å².